The van der Waals surface area contributed by atoms with Gasteiger partial charge < -0.3 is 10.2 Å². The predicted octanol–water partition coefficient (Wildman–Crippen LogP) is 1.79. The molecule has 2 rings (SSSR count). The third-order valence-corrected chi connectivity index (χ3v) is 4.55. The van der Waals surface area contributed by atoms with Crippen LogP contribution in [0.15, 0.2) is 0 Å². The molecule has 3 atom stereocenters. The largest absolute Gasteiger partial charge is 0.311 e. The second-order valence-electron chi connectivity index (χ2n) is 6.75. The molecule has 3 unspecified atom stereocenters. The van der Waals surface area contributed by atoms with Gasteiger partial charge in [0.25, 0.3) is 0 Å². The minimum absolute atomic E-state index is 0.616. The molecule has 3 heteroatoms. The normalized spacial score (nSPS) is 36.2. The average Bonchev–Trinajstić information content (AvgIpc) is 2.28. The van der Waals surface area contributed by atoms with E-state index in [1.54, 1.807) is 0 Å². The van der Waals surface area contributed by atoms with Crippen molar-refractivity contribution < 1.29 is 0 Å². The van der Waals surface area contributed by atoms with Crippen molar-refractivity contribution in [2.24, 2.45) is 5.92 Å². The lowest BCUT2D eigenvalue weighted by molar-refractivity contribution is 0.0502. The zero-order chi connectivity index (χ0) is 13.1. The zero-order valence-corrected chi connectivity index (χ0v) is 12.7. The predicted molar refractivity (Wildman–Crippen MR) is 77.9 cm³/mol. The first-order chi connectivity index (χ1) is 8.56. The summed E-state index contributed by atoms with van der Waals surface area (Å²) in [6.45, 7) is 12.1. The van der Waals surface area contributed by atoms with Gasteiger partial charge in [0, 0.05) is 31.2 Å². The van der Waals surface area contributed by atoms with Crippen LogP contribution in [0, 0.1) is 5.92 Å². The van der Waals surface area contributed by atoms with Gasteiger partial charge in [0.1, 0.15) is 0 Å². The first-order valence-electron chi connectivity index (χ1n) is 7.75. The Morgan fingerprint density at radius 3 is 2.56 bits per heavy atom. The second kappa shape index (κ2) is 6.36. The van der Waals surface area contributed by atoms with Gasteiger partial charge in [-0.15, -0.1) is 0 Å². The molecule has 0 radical (unpaired) electrons. The van der Waals surface area contributed by atoms with Crippen LogP contribution >= 0.6 is 0 Å². The van der Waals surface area contributed by atoms with Crippen LogP contribution in [0.3, 0.4) is 0 Å². The van der Waals surface area contributed by atoms with Crippen molar-refractivity contribution in [3.63, 3.8) is 0 Å². The summed E-state index contributed by atoms with van der Waals surface area (Å²) in [6.07, 6.45) is 4.07. The van der Waals surface area contributed by atoms with E-state index in [0.717, 1.165) is 12.0 Å². The Labute approximate surface area is 113 Å². The number of rotatable bonds is 3. The van der Waals surface area contributed by atoms with Gasteiger partial charge in [-0.1, -0.05) is 20.8 Å². The molecule has 0 spiro atoms. The first-order valence-corrected chi connectivity index (χ1v) is 7.75. The highest BCUT2D eigenvalue weighted by atomic mass is 15.2. The Morgan fingerprint density at radius 2 is 1.89 bits per heavy atom. The topological polar surface area (TPSA) is 18.5 Å². The summed E-state index contributed by atoms with van der Waals surface area (Å²) in [4.78, 5) is 5.25. The minimum Gasteiger partial charge on any atom is -0.311 e. The molecule has 0 bridgehead atoms. The van der Waals surface area contributed by atoms with E-state index in [4.69, 9.17) is 0 Å². The fourth-order valence-electron chi connectivity index (χ4n) is 3.80. The highest BCUT2D eigenvalue weighted by Gasteiger charge is 2.32. The molecule has 0 aromatic carbocycles. The summed E-state index contributed by atoms with van der Waals surface area (Å²) in [6, 6.07) is 2.15. The average molecular weight is 253 g/mol. The smallest absolute Gasteiger partial charge is 0.0197 e. The molecular formula is C15H31N3. The quantitative estimate of drug-likeness (QED) is 0.827. The number of nitrogens with one attached hydrogen (secondary N) is 1. The molecule has 2 saturated heterocycles. The van der Waals surface area contributed by atoms with E-state index in [9.17, 15) is 0 Å². The SMILES string of the molecule is CC(C)NC1CCCN(C2CCN(C)CC2C)C1. The highest BCUT2D eigenvalue weighted by Crippen LogP contribution is 2.24. The first kappa shape index (κ1) is 14.3. The molecule has 18 heavy (non-hydrogen) atoms. The fourth-order valence-corrected chi connectivity index (χ4v) is 3.80. The van der Waals surface area contributed by atoms with Crippen LogP contribution in [0.1, 0.15) is 40.0 Å². The van der Waals surface area contributed by atoms with Crippen LogP contribution in [0.5, 0.6) is 0 Å². The van der Waals surface area contributed by atoms with Gasteiger partial charge in [-0.2, -0.15) is 0 Å². The summed E-state index contributed by atoms with van der Waals surface area (Å²) in [5.74, 6) is 0.821. The molecule has 0 aromatic rings. The minimum atomic E-state index is 0.616. The van der Waals surface area contributed by atoms with E-state index in [2.05, 4.69) is 42.9 Å². The number of likely N-dealkylation sites (tertiary alicyclic amines) is 2. The van der Waals surface area contributed by atoms with Gasteiger partial charge >= 0.3 is 0 Å². The van der Waals surface area contributed by atoms with Gasteiger partial charge in [0.15, 0.2) is 0 Å². The molecule has 0 saturated carbocycles. The monoisotopic (exact) mass is 253 g/mol. The summed E-state index contributed by atoms with van der Waals surface area (Å²) in [5.41, 5.74) is 0. The molecule has 0 amide bonds. The number of nitrogens with zero attached hydrogens (tertiary/aromatic N) is 2. The molecule has 2 aliphatic rings. The summed E-state index contributed by atoms with van der Waals surface area (Å²) < 4.78 is 0. The Balaban J connectivity index is 1.88. The van der Waals surface area contributed by atoms with Crippen LogP contribution in [0.4, 0.5) is 0 Å². The van der Waals surface area contributed by atoms with E-state index in [0.29, 0.717) is 12.1 Å². The van der Waals surface area contributed by atoms with Crippen molar-refractivity contribution in [2.75, 3.05) is 33.2 Å². The lowest BCUT2D eigenvalue weighted by Crippen LogP contribution is -2.55. The lowest BCUT2D eigenvalue weighted by Gasteiger charge is -2.45. The molecule has 106 valence electrons. The third-order valence-electron chi connectivity index (χ3n) is 4.55. The second-order valence-corrected chi connectivity index (χ2v) is 6.75. The third kappa shape index (κ3) is 3.69. The maximum atomic E-state index is 3.72. The number of piperidine rings is 2. The van der Waals surface area contributed by atoms with Crippen LogP contribution in [-0.4, -0.2) is 61.2 Å². The van der Waals surface area contributed by atoms with E-state index < -0.39 is 0 Å². The zero-order valence-electron chi connectivity index (χ0n) is 12.7. The van der Waals surface area contributed by atoms with E-state index >= 15 is 0 Å². The van der Waals surface area contributed by atoms with Crippen LogP contribution < -0.4 is 5.32 Å². The van der Waals surface area contributed by atoms with E-state index in [-0.39, 0.29) is 0 Å². The Hall–Kier alpha value is -0.120. The Bertz CT molecular complexity index is 254. The number of hydrogen-bond donors (Lipinski definition) is 1. The Morgan fingerprint density at radius 1 is 1.11 bits per heavy atom. The van der Waals surface area contributed by atoms with Crippen molar-refractivity contribution in [3.05, 3.63) is 0 Å². The molecule has 2 fully saturated rings. The van der Waals surface area contributed by atoms with Crippen molar-refractivity contribution in [2.45, 2.75) is 58.2 Å². The van der Waals surface area contributed by atoms with E-state index in [1.165, 1.54) is 45.4 Å². The molecule has 3 nitrogen and oxygen atoms in total. The molecular weight excluding hydrogens is 222 g/mol. The molecule has 1 N–H and O–H groups in total. The van der Waals surface area contributed by atoms with Crippen LogP contribution in [0.25, 0.3) is 0 Å². The van der Waals surface area contributed by atoms with Crippen LogP contribution in [0.2, 0.25) is 0 Å². The lowest BCUT2D eigenvalue weighted by atomic mass is 9.90. The van der Waals surface area contributed by atoms with Gasteiger partial charge in [0.05, 0.1) is 0 Å². The van der Waals surface area contributed by atoms with Crippen molar-refractivity contribution >= 4 is 0 Å². The molecule has 0 aromatic heterocycles. The van der Waals surface area contributed by atoms with Gasteiger partial charge in [-0.25, -0.2) is 0 Å². The maximum Gasteiger partial charge on any atom is 0.0197 e. The Kier molecular flexibility index (Phi) is 5.05. The van der Waals surface area contributed by atoms with Gasteiger partial charge in [-0.3, -0.25) is 4.90 Å². The maximum absolute atomic E-state index is 3.72. The van der Waals surface area contributed by atoms with Gasteiger partial charge in [0.2, 0.25) is 0 Å². The molecule has 0 aliphatic carbocycles. The van der Waals surface area contributed by atoms with Crippen LogP contribution in [-0.2, 0) is 0 Å². The highest BCUT2D eigenvalue weighted by molar-refractivity contribution is 4.89. The fraction of sp³-hybridized carbons (Fsp3) is 1.00. The summed E-state index contributed by atoms with van der Waals surface area (Å²) in [5, 5.41) is 3.72. The van der Waals surface area contributed by atoms with Crippen molar-refractivity contribution in [1.29, 1.82) is 0 Å². The van der Waals surface area contributed by atoms with Crippen molar-refractivity contribution in [3.8, 4) is 0 Å². The summed E-state index contributed by atoms with van der Waals surface area (Å²) in [7, 11) is 2.26. The standard InChI is InChI=1S/C15H31N3/c1-12(2)16-14-6-5-8-18(11-14)15-7-9-17(4)10-13(15)3/h12-16H,5-11H2,1-4H3. The molecule has 2 aliphatic heterocycles. The van der Waals surface area contributed by atoms with Crippen molar-refractivity contribution in [1.82, 2.24) is 15.1 Å². The summed E-state index contributed by atoms with van der Waals surface area (Å²) >= 11 is 0. The number of hydrogen-bond acceptors (Lipinski definition) is 3. The van der Waals surface area contributed by atoms with E-state index in [1.807, 2.05) is 0 Å². The van der Waals surface area contributed by atoms with Gasteiger partial charge in [-0.05, 0) is 45.3 Å². The molecule has 2 heterocycles.